The van der Waals surface area contributed by atoms with Gasteiger partial charge < -0.3 is 5.32 Å². The van der Waals surface area contributed by atoms with Gasteiger partial charge in [-0.2, -0.15) is 0 Å². The van der Waals surface area contributed by atoms with Crippen LogP contribution in [0, 0.1) is 20.8 Å². The number of hydrogen-bond acceptors (Lipinski definition) is 3. The molecule has 2 aromatic rings. The van der Waals surface area contributed by atoms with E-state index >= 15 is 0 Å². The van der Waals surface area contributed by atoms with Crippen LogP contribution in [0.1, 0.15) is 34.0 Å². The van der Waals surface area contributed by atoms with Crippen molar-refractivity contribution in [3.8, 4) is 0 Å². The van der Waals surface area contributed by atoms with Gasteiger partial charge in [-0.1, -0.05) is 12.1 Å². The summed E-state index contributed by atoms with van der Waals surface area (Å²) in [5, 5.41) is 3.32. The topological polar surface area (TPSA) is 37.8 Å². The van der Waals surface area contributed by atoms with Crippen molar-refractivity contribution in [3.05, 3.63) is 58.7 Å². The van der Waals surface area contributed by atoms with E-state index in [1.165, 1.54) is 11.1 Å². The molecule has 0 bridgehead atoms. The Hall–Kier alpha value is -1.74. The van der Waals surface area contributed by atoms with Crippen LogP contribution in [0.5, 0.6) is 0 Å². The molecule has 0 fully saturated rings. The second kappa shape index (κ2) is 5.27. The number of pyridine rings is 2. The van der Waals surface area contributed by atoms with Gasteiger partial charge in [0.25, 0.3) is 0 Å². The predicted octanol–water partition coefficient (Wildman–Crippen LogP) is 2.71. The molecule has 0 saturated heterocycles. The van der Waals surface area contributed by atoms with Crippen molar-refractivity contribution in [2.45, 2.75) is 26.8 Å². The molecule has 0 radical (unpaired) electrons. The van der Waals surface area contributed by atoms with E-state index < -0.39 is 0 Å². The molecule has 3 nitrogen and oxygen atoms in total. The van der Waals surface area contributed by atoms with Crippen LogP contribution in [0.2, 0.25) is 0 Å². The van der Waals surface area contributed by atoms with E-state index in [0.29, 0.717) is 0 Å². The van der Waals surface area contributed by atoms with Crippen molar-refractivity contribution in [2.75, 3.05) is 7.05 Å². The van der Waals surface area contributed by atoms with E-state index in [-0.39, 0.29) is 6.04 Å². The average molecular weight is 241 g/mol. The number of rotatable bonds is 3. The summed E-state index contributed by atoms with van der Waals surface area (Å²) in [7, 11) is 1.95. The molecule has 0 saturated carbocycles. The van der Waals surface area contributed by atoms with Gasteiger partial charge in [0.05, 0.1) is 11.7 Å². The highest BCUT2D eigenvalue weighted by atomic mass is 14.9. The van der Waals surface area contributed by atoms with E-state index in [1.54, 1.807) is 0 Å². The lowest BCUT2D eigenvalue weighted by molar-refractivity contribution is 0.662. The lowest BCUT2D eigenvalue weighted by Crippen LogP contribution is -2.20. The third kappa shape index (κ3) is 2.57. The summed E-state index contributed by atoms with van der Waals surface area (Å²) in [5.41, 5.74) is 5.77. The maximum atomic E-state index is 4.56. The second-order valence-corrected chi connectivity index (χ2v) is 4.73. The van der Waals surface area contributed by atoms with Crippen LogP contribution in [0.25, 0.3) is 0 Å². The highest BCUT2D eigenvalue weighted by Gasteiger charge is 2.16. The van der Waals surface area contributed by atoms with E-state index in [4.69, 9.17) is 0 Å². The summed E-state index contributed by atoms with van der Waals surface area (Å²) < 4.78 is 0. The molecule has 0 aliphatic rings. The molecule has 2 rings (SSSR count). The molecular formula is C15H19N3. The SMILES string of the molecule is CNC(c1cncc(C)c1)c1ncc(C)cc1C. The van der Waals surface area contributed by atoms with Crippen molar-refractivity contribution in [3.63, 3.8) is 0 Å². The van der Waals surface area contributed by atoms with Crippen molar-refractivity contribution in [1.82, 2.24) is 15.3 Å². The Balaban J connectivity index is 2.45. The van der Waals surface area contributed by atoms with Crippen LogP contribution in [-0.4, -0.2) is 17.0 Å². The van der Waals surface area contributed by atoms with Crippen LogP contribution < -0.4 is 5.32 Å². The zero-order valence-corrected chi connectivity index (χ0v) is 11.4. The monoisotopic (exact) mass is 241 g/mol. The fraction of sp³-hybridized carbons (Fsp3) is 0.333. The maximum absolute atomic E-state index is 4.56. The molecule has 0 amide bonds. The summed E-state index contributed by atoms with van der Waals surface area (Å²) in [5.74, 6) is 0. The highest BCUT2D eigenvalue weighted by molar-refractivity contribution is 5.33. The lowest BCUT2D eigenvalue weighted by Gasteiger charge is -2.18. The molecule has 0 aliphatic heterocycles. The molecule has 1 atom stereocenters. The Morgan fingerprint density at radius 1 is 1.00 bits per heavy atom. The fourth-order valence-electron chi connectivity index (χ4n) is 2.23. The standard InChI is InChI=1S/C15H19N3/c1-10-5-12(3)14(18-8-10)15(16-4)13-6-11(2)7-17-9-13/h5-9,15-16H,1-4H3. The van der Waals surface area contributed by atoms with Crippen molar-refractivity contribution >= 4 is 0 Å². The van der Waals surface area contributed by atoms with Crippen LogP contribution >= 0.6 is 0 Å². The van der Waals surface area contributed by atoms with Crippen molar-refractivity contribution in [2.24, 2.45) is 0 Å². The Morgan fingerprint density at radius 2 is 1.72 bits per heavy atom. The van der Waals surface area contributed by atoms with Gasteiger partial charge in [0.15, 0.2) is 0 Å². The number of aromatic nitrogens is 2. The Labute approximate surface area is 108 Å². The van der Waals surface area contributed by atoms with Gasteiger partial charge in [-0.25, -0.2) is 0 Å². The molecule has 3 heteroatoms. The third-order valence-electron chi connectivity index (χ3n) is 3.05. The predicted molar refractivity (Wildman–Crippen MR) is 73.6 cm³/mol. The lowest BCUT2D eigenvalue weighted by atomic mass is 10.00. The summed E-state index contributed by atoms with van der Waals surface area (Å²) in [6.07, 6.45) is 5.68. The first kappa shape index (κ1) is 12.7. The Kier molecular flexibility index (Phi) is 3.72. The zero-order chi connectivity index (χ0) is 13.1. The third-order valence-corrected chi connectivity index (χ3v) is 3.05. The molecule has 0 spiro atoms. The summed E-state index contributed by atoms with van der Waals surface area (Å²) >= 11 is 0. The number of aryl methyl sites for hydroxylation is 3. The number of nitrogens with one attached hydrogen (secondary N) is 1. The quantitative estimate of drug-likeness (QED) is 0.897. The van der Waals surface area contributed by atoms with E-state index in [0.717, 1.165) is 16.8 Å². The largest absolute Gasteiger partial charge is 0.308 e. The minimum atomic E-state index is 0.0954. The van der Waals surface area contributed by atoms with Gasteiger partial charge in [-0.05, 0) is 50.1 Å². The molecule has 18 heavy (non-hydrogen) atoms. The van der Waals surface area contributed by atoms with E-state index in [1.807, 2.05) is 25.6 Å². The van der Waals surface area contributed by atoms with Gasteiger partial charge in [0.2, 0.25) is 0 Å². The minimum absolute atomic E-state index is 0.0954. The van der Waals surface area contributed by atoms with E-state index in [9.17, 15) is 0 Å². The van der Waals surface area contributed by atoms with Crippen LogP contribution in [0.3, 0.4) is 0 Å². The fourth-order valence-corrected chi connectivity index (χ4v) is 2.23. The van der Waals surface area contributed by atoms with E-state index in [2.05, 4.69) is 48.2 Å². The average Bonchev–Trinajstić information content (AvgIpc) is 2.33. The molecule has 94 valence electrons. The highest BCUT2D eigenvalue weighted by Crippen LogP contribution is 2.23. The molecular weight excluding hydrogens is 222 g/mol. The summed E-state index contributed by atoms with van der Waals surface area (Å²) in [4.78, 5) is 8.82. The normalized spacial score (nSPS) is 12.4. The molecule has 2 aromatic heterocycles. The first-order valence-corrected chi connectivity index (χ1v) is 6.13. The van der Waals surface area contributed by atoms with Crippen molar-refractivity contribution < 1.29 is 0 Å². The van der Waals surface area contributed by atoms with Gasteiger partial charge in [0, 0.05) is 18.6 Å². The molecule has 1 N–H and O–H groups in total. The van der Waals surface area contributed by atoms with Crippen molar-refractivity contribution in [1.29, 1.82) is 0 Å². The molecule has 1 unspecified atom stereocenters. The second-order valence-electron chi connectivity index (χ2n) is 4.73. The first-order valence-electron chi connectivity index (χ1n) is 6.13. The van der Waals surface area contributed by atoms with Gasteiger partial charge in [-0.15, -0.1) is 0 Å². The summed E-state index contributed by atoms with van der Waals surface area (Å²) in [6.45, 7) is 6.22. The molecule has 2 heterocycles. The Bertz CT molecular complexity index is 549. The van der Waals surface area contributed by atoms with Crippen LogP contribution in [-0.2, 0) is 0 Å². The van der Waals surface area contributed by atoms with Gasteiger partial charge in [-0.3, -0.25) is 9.97 Å². The van der Waals surface area contributed by atoms with Crippen LogP contribution in [0.15, 0.2) is 30.7 Å². The number of nitrogens with zero attached hydrogens (tertiary/aromatic N) is 2. The first-order chi connectivity index (χ1) is 8.61. The Morgan fingerprint density at radius 3 is 2.33 bits per heavy atom. The van der Waals surface area contributed by atoms with Crippen LogP contribution in [0.4, 0.5) is 0 Å². The summed E-state index contributed by atoms with van der Waals surface area (Å²) in [6, 6.07) is 4.41. The zero-order valence-electron chi connectivity index (χ0n) is 11.4. The molecule has 0 aliphatic carbocycles. The smallest absolute Gasteiger partial charge is 0.0766 e. The van der Waals surface area contributed by atoms with Gasteiger partial charge in [0.1, 0.15) is 0 Å². The molecule has 0 aromatic carbocycles. The van der Waals surface area contributed by atoms with Gasteiger partial charge >= 0.3 is 0 Å². The number of hydrogen-bond donors (Lipinski definition) is 1. The maximum Gasteiger partial charge on any atom is 0.0766 e. The minimum Gasteiger partial charge on any atom is -0.308 e.